The molecule has 0 N–H and O–H groups in total. The molecule has 0 spiro atoms. The average molecular weight is 786 g/mol. The number of hydrogen-bond donors (Lipinski definition) is 0. The van der Waals surface area contributed by atoms with Crippen LogP contribution in [0.15, 0.2) is 12.4 Å². The minimum atomic E-state index is -2.43. The van der Waals surface area contributed by atoms with Gasteiger partial charge in [0.05, 0.1) is 0 Å². The summed E-state index contributed by atoms with van der Waals surface area (Å²) in [5.41, 5.74) is 1.36. The van der Waals surface area contributed by atoms with Crippen molar-refractivity contribution in [3.8, 4) is 0 Å². The number of rotatable bonds is 27. The van der Waals surface area contributed by atoms with E-state index in [0.717, 1.165) is 6.42 Å². The fourth-order valence-corrected chi connectivity index (χ4v) is 31.9. The maximum absolute atomic E-state index is 5.03. The first-order valence-electron chi connectivity index (χ1n) is 18.9. The van der Waals surface area contributed by atoms with Crippen LogP contribution < -0.4 is 3.84 Å². The van der Waals surface area contributed by atoms with E-state index in [2.05, 4.69) is 60.9 Å². The average Bonchev–Trinajstić information content (AvgIpc) is 3.01. The summed E-state index contributed by atoms with van der Waals surface area (Å²) in [6.07, 6.45) is 32.1. The summed E-state index contributed by atoms with van der Waals surface area (Å²) in [6, 6.07) is 0. The molecule has 0 amide bonds. The molecule has 0 unspecified atom stereocenters. The topological polar surface area (TPSA) is 25.8 Å². The van der Waals surface area contributed by atoms with Crippen LogP contribution in [0.1, 0.15) is 176 Å². The van der Waals surface area contributed by atoms with Gasteiger partial charge in [-0.15, -0.1) is 0 Å². The summed E-state index contributed by atoms with van der Waals surface area (Å²) in [7, 11) is 0. The summed E-state index contributed by atoms with van der Waals surface area (Å²) in [6.45, 7) is 16.3. The third-order valence-electron chi connectivity index (χ3n) is 9.17. The molecule has 1 heterocycles. The Bertz CT molecular complexity index is 608. The van der Waals surface area contributed by atoms with Crippen molar-refractivity contribution >= 4 is 42.0 Å². The van der Waals surface area contributed by atoms with Crippen molar-refractivity contribution < 1.29 is 0 Å². The number of nitrogens with zero attached hydrogens (tertiary/aromatic N) is 2. The van der Waals surface area contributed by atoms with Crippen molar-refractivity contribution in [1.82, 2.24) is 9.97 Å². The van der Waals surface area contributed by atoms with Gasteiger partial charge >= 0.3 is 266 Å². The third-order valence-corrected chi connectivity index (χ3v) is 34.3. The molecule has 0 aromatic carbocycles. The fraction of sp³-hybridized carbons (Fsp3) is 0.892. The van der Waals surface area contributed by atoms with Gasteiger partial charge in [0, 0.05) is 0 Å². The van der Waals surface area contributed by atoms with E-state index in [1.54, 1.807) is 13.3 Å². The Balaban J connectivity index is 0.00000103. The first kappa shape index (κ1) is 41.7. The van der Waals surface area contributed by atoms with Crippen LogP contribution in [0.5, 0.6) is 0 Å². The van der Waals surface area contributed by atoms with Crippen molar-refractivity contribution in [1.29, 1.82) is 0 Å². The van der Waals surface area contributed by atoms with Gasteiger partial charge in [0.15, 0.2) is 0 Å². The summed E-state index contributed by atoms with van der Waals surface area (Å²) >= 11 is -3.40. The Kier molecular flexibility index (Phi) is 31.2. The molecule has 0 saturated heterocycles. The van der Waals surface area contributed by atoms with Gasteiger partial charge in [-0.05, 0) is 0 Å². The quantitative estimate of drug-likeness (QED) is 0.0656. The van der Waals surface area contributed by atoms with Crippen molar-refractivity contribution in [2.24, 2.45) is 0 Å². The molecule has 0 aliphatic heterocycles. The molecular formula is C37H76N2Sn2. The summed E-state index contributed by atoms with van der Waals surface area (Å²) in [5, 5.41) is 0. The molecule has 41 heavy (non-hydrogen) atoms. The van der Waals surface area contributed by atoms with Gasteiger partial charge in [0.1, 0.15) is 0 Å². The molecule has 1 aromatic rings. The molecule has 242 valence electrons. The Morgan fingerprint density at radius 3 is 1.22 bits per heavy atom. The summed E-state index contributed by atoms with van der Waals surface area (Å²) < 4.78 is 10.8. The van der Waals surface area contributed by atoms with E-state index < -0.39 is 38.1 Å². The van der Waals surface area contributed by atoms with E-state index in [-0.39, 0.29) is 0 Å². The van der Waals surface area contributed by atoms with Gasteiger partial charge in [-0.25, -0.2) is 0 Å². The van der Waals surface area contributed by atoms with E-state index in [1.165, 1.54) is 145 Å². The molecule has 0 aliphatic rings. The molecular weight excluding hydrogens is 710 g/mol. The Morgan fingerprint density at radius 1 is 0.463 bits per heavy atom. The van der Waals surface area contributed by atoms with E-state index in [4.69, 9.17) is 9.97 Å². The zero-order valence-corrected chi connectivity index (χ0v) is 35.7. The standard InChI is InChI=1S/C13H21N2.6C4H9.2Sn.H/c1-2-3-4-5-6-7-8-9-13-10-14-12-15-11-13;6*1-3-4-2;;;/h10-11H,2-9H2,1H3;6*1,3-4H2,2H3;;;. The molecule has 0 radical (unpaired) electrons. The summed E-state index contributed by atoms with van der Waals surface area (Å²) in [5.74, 6) is 0. The van der Waals surface area contributed by atoms with Crippen molar-refractivity contribution in [2.75, 3.05) is 0 Å². The fourth-order valence-electron chi connectivity index (χ4n) is 6.21. The van der Waals surface area contributed by atoms with Gasteiger partial charge in [0.2, 0.25) is 0 Å². The van der Waals surface area contributed by atoms with Crippen LogP contribution in [0.25, 0.3) is 0 Å². The van der Waals surface area contributed by atoms with Gasteiger partial charge in [-0.3, -0.25) is 0 Å². The van der Waals surface area contributed by atoms with Crippen LogP contribution >= 0.6 is 0 Å². The Morgan fingerprint density at radius 2 is 0.829 bits per heavy atom. The molecule has 0 bridgehead atoms. The zero-order valence-electron chi connectivity index (χ0n) is 29.5. The normalized spacial score (nSPS) is 11.6. The number of hydrogen-bond acceptors (Lipinski definition) is 2. The zero-order chi connectivity index (χ0) is 30.4. The van der Waals surface area contributed by atoms with Crippen LogP contribution in [0.4, 0.5) is 0 Å². The van der Waals surface area contributed by atoms with Gasteiger partial charge < -0.3 is 0 Å². The molecule has 0 aliphatic carbocycles. The second kappa shape index (κ2) is 30.7. The van der Waals surface area contributed by atoms with Crippen molar-refractivity contribution in [3.05, 3.63) is 18.0 Å². The molecule has 0 atom stereocenters. The molecule has 2 nitrogen and oxygen atoms in total. The first-order chi connectivity index (χ1) is 20.1. The SMILES string of the molecule is CCCCCCCCCc1cn[c]([Sn]([CH2]CCC)([CH2]CCC)[CH2]CCC)nc1.CCC[CH2][SnH]([CH2]CCC)[CH2]CCC. The minimum absolute atomic E-state index is 0.967. The monoisotopic (exact) mass is 788 g/mol. The van der Waals surface area contributed by atoms with Crippen LogP contribution in [0.2, 0.25) is 26.6 Å². The second-order valence-electron chi connectivity index (χ2n) is 13.2. The second-order valence-corrected chi connectivity index (χ2v) is 35.9. The van der Waals surface area contributed by atoms with Crippen LogP contribution in [-0.4, -0.2) is 48.1 Å². The van der Waals surface area contributed by atoms with Gasteiger partial charge in [0.25, 0.3) is 0 Å². The molecule has 1 aromatic heterocycles. The molecule has 0 saturated carbocycles. The van der Waals surface area contributed by atoms with Crippen molar-refractivity contribution in [3.63, 3.8) is 0 Å². The summed E-state index contributed by atoms with van der Waals surface area (Å²) in [4.78, 5) is 10.1. The third kappa shape index (κ3) is 21.9. The van der Waals surface area contributed by atoms with Gasteiger partial charge in [-0.2, -0.15) is 0 Å². The van der Waals surface area contributed by atoms with E-state index in [9.17, 15) is 0 Å². The van der Waals surface area contributed by atoms with Crippen LogP contribution in [0.3, 0.4) is 0 Å². The first-order valence-corrected chi connectivity index (χ1v) is 33.4. The Hall–Kier alpha value is 0.677. The molecule has 1 rings (SSSR count). The number of unbranched alkanes of at least 4 members (excludes halogenated alkanes) is 12. The van der Waals surface area contributed by atoms with Crippen molar-refractivity contribution in [2.45, 2.75) is 204 Å². The number of aryl methyl sites for hydroxylation is 1. The predicted octanol–water partition coefficient (Wildman–Crippen LogP) is 12.4. The molecule has 4 heteroatoms. The van der Waals surface area contributed by atoms with Crippen LogP contribution in [-0.2, 0) is 6.42 Å². The van der Waals surface area contributed by atoms with Gasteiger partial charge in [-0.1, -0.05) is 6.92 Å². The van der Waals surface area contributed by atoms with E-state index >= 15 is 0 Å². The van der Waals surface area contributed by atoms with Crippen LogP contribution in [0, 0.1) is 0 Å². The number of aromatic nitrogens is 2. The van der Waals surface area contributed by atoms with E-state index in [1.807, 2.05) is 0 Å². The van der Waals surface area contributed by atoms with E-state index in [0.29, 0.717) is 0 Å². The maximum atomic E-state index is 5.03. The predicted molar refractivity (Wildman–Crippen MR) is 195 cm³/mol. The Labute approximate surface area is 271 Å². The molecule has 0 fully saturated rings.